The molecule has 0 radical (unpaired) electrons. The van der Waals surface area contributed by atoms with E-state index in [1.54, 1.807) is 24.7 Å². The second-order valence-corrected chi connectivity index (χ2v) is 7.10. The molecule has 4 rings (SSSR count). The average molecular weight is 365 g/mol. The number of carbonyl (C=O) groups is 1. The Morgan fingerprint density at radius 1 is 1.15 bits per heavy atom. The lowest BCUT2D eigenvalue weighted by molar-refractivity contribution is 0.0327. The molecule has 2 aromatic heterocycles. The lowest BCUT2D eigenvalue weighted by Gasteiger charge is -2.31. The van der Waals surface area contributed by atoms with Gasteiger partial charge in [-0.3, -0.25) is 0 Å². The summed E-state index contributed by atoms with van der Waals surface area (Å²) in [6.45, 7) is 1.24. The zero-order chi connectivity index (χ0) is 18.6. The maximum absolute atomic E-state index is 12.3. The molecule has 1 aromatic carbocycles. The van der Waals surface area contributed by atoms with E-state index in [1.165, 1.54) is 12.8 Å². The first kappa shape index (κ1) is 17.5. The van der Waals surface area contributed by atoms with Crippen LogP contribution in [0.15, 0.2) is 42.9 Å². The number of hydrogen-bond donors (Lipinski definition) is 1. The number of rotatable bonds is 5. The van der Waals surface area contributed by atoms with Crippen LogP contribution in [0.5, 0.6) is 0 Å². The maximum atomic E-state index is 12.3. The summed E-state index contributed by atoms with van der Waals surface area (Å²) in [5.74, 6) is 0.744. The summed E-state index contributed by atoms with van der Waals surface area (Å²) in [5, 5.41) is 0. The van der Waals surface area contributed by atoms with Gasteiger partial charge in [-0.15, -0.1) is 0 Å². The second kappa shape index (κ2) is 7.73. The van der Waals surface area contributed by atoms with E-state index in [9.17, 15) is 4.79 Å². The van der Waals surface area contributed by atoms with Crippen molar-refractivity contribution in [2.45, 2.75) is 32.2 Å². The van der Waals surface area contributed by atoms with Crippen LogP contribution in [0, 0.1) is 11.8 Å². The molecule has 3 aromatic rings. The van der Waals surface area contributed by atoms with E-state index < -0.39 is 0 Å². The standard InChI is InChI=1S/C20H23N5O2/c21-20-22-10-17-18(24-20)25(13-23-17)11-15-8-4-5-9-16(15)12-27-19(26)14-6-2-1-3-7-14/h1-3,6-7,10,13,15-16H,4-5,8-9,11-12H2,(H2,21,22,24). The number of fused-ring (bicyclic) bond motifs is 1. The molecule has 0 bridgehead atoms. The van der Waals surface area contributed by atoms with Crippen LogP contribution in [-0.2, 0) is 11.3 Å². The molecule has 2 heterocycles. The monoisotopic (exact) mass is 365 g/mol. The zero-order valence-electron chi connectivity index (χ0n) is 15.1. The van der Waals surface area contributed by atoms with E-state index in [4.69, 9.17) is 10.5 Å². The van der Waals surface area contributed by atoms with E-state index in [-0.39, 0.29) is 11.9 Å². The highest BCUT2D eigenvalue weighted by Crippen LogP contribution is 2.32. The van der Waals surface area contributed by atoms with Gasteiger partial charge in [0.2, 0.25) is 5.95 Å². The van der Waals surface area contributed by atoms with Gasteiger partial charge in [0.15, 0.2) is 5.65 Å². The minimum atomic E-state index is -0.256. The molecule has 0 spiro atoms. The highest BCUT2D eigenvalue weighted by Gasteiger charge is 2.27. The Bertz CT molecular complexity index is 925. The molecule has 2 unspecified atom stereocenters. The molecule has 0 aliphatic heterocycles. The number of ether oxygens (including phenoxy) is 1. The fourth-order valence-electron chi connectivity index (χ4n) is 3.84. The largest absolute Gasteiger partial charge is 0.462 e. The minimum Gasteiger partial charge on any atom is -0.462 e. The van der Waals surface area contributed by atoms with Crippen LogP contribution >= 0.6 is 0 Å². The molecular formula is C20H23N5O2. The molecule has 1 fully saturated rings. The summed E-state index contributed by atoms with van der Waals surface area (Å²) in [6.07, 6.45) is 7.97. The number of esters is 1. The Balaban J connectivity index is 1.44. The van der Waals surface area contributed by atoms with Gasteiger partial charge in [0.05, 0.1) is 24.7 Å². The first-order chi connectivity index (χ1) is 13.2. The van der Waals surface area contributed by atoms with E-state index >= 15 is 0 Å². The Kier molecular flexibility index (Phi) is 5.00. The van der Waals surface area contributed by atoms with E-state index in [2.05, 4.69) is 15.0 Å². The van der Waals surface area contributed by atoms with Crippen molar-refractivity contribution in [3.63, 3.8) is 0 Å². The van der Waals surface area contributed by atoms with Crippen molar-refractivity contribution in [3.8, 4) is 0 Å². The normalized spacial score (nSPS) is 19.9. The average Bonchev–Trinajstić information content (AvgIpc) is 3.09. The molecule has 7 heteroatoms. The summed E-state index contributed by atoms with van der Waals surface area (Å²) in [4.78, 5) is 24.9. The van der Waals surface area contributed by atoms with Crippen LogP contribution in [0.3, 0.4) is 0 Å². The molecule has 2 N–H and O–H groups in total. The Morgan fingerprint density at radius 3 is 2.74 bits per heavy atom. The van der Waals surface area contributed by atoms with Crippen LogP contribution in [-0.4, -0.2) is 32.1 Å². The number of anilines is 1. The van der Waals surface area contributed by atoms with Gasteiger partial charge in [-0.1, -0.05) is 31.0 Å². The van der Waals surface area contributed by atoms with Gasteiger partial charge in [-0.05, 0) is 36.8 Å². The number of hydrogen-bond acceptors (Lipinski definition) is 6. The minimum absolute atomic E-state index is 0.251. The van der Waals surface area contributed by atoms with Crippen LogP contribution in [0.4, 0.5) is 5.95 Å². The SMILES string of the molecule is Nc1ncc2ncn(CC3CCCCC3COC(=O)c3ccccc3)c2n1. The van der Waals surface area contributed by atoms with Crippen LogP contribution in [0.1, 0.15) is 36.0 Å². The number of nitrogen functional groups attached to an aromatic ring is 1. The lowest BCUT2D eigenvalue weighted by atomic mass is 9.79. The van der Waals surface area contributed by atoms with Gasteiger partial charge in [0, 0.05) is 6.54 Å². The van der Waals surface area contributed by atoms with Gasteiger partial charge in [-0.25, -0.2) is 14.8 Å². The summed E-state index contributed by atoms with van der Waals surface area (Å²) in [7, 11) is 0. The van der Waals surface area contributed by atoms with Crippen molar-refractivity contribution >= 4 is 23.1 Å². The highest BCUT2D eigenvalue weighted by molar-refractivity contribution is 5.89. The molecule has 1 aliphatic carbocycles. The van der Waals surface area contributed by atoms with Crippen molar-refractivity contribution in [3.05, 3.63) is 48.4 Å². The fraction of sp³-hybridized carbons (Fsp3) is 0.400. The van der Waals surface area contributed by atoms with Gasteiger partial charge in [0.1, 0.15) is 5.52 Å². The van der Waals surface area contributed by atoms with Crippen molar-refractivity contribution in [2.75, 3.05) is 12.3 Å². The summed E-state index contributed by atoms with van der Waals surface area (Å²) in [5.41, 5.74) is 7.82. The molecule has 140 valence electrons. The Hall–Kier alpha value is -2.96. The first-order valence-electron chi connectivity index (χ1n) is 9.36. The van der Waals surface area contributed by atoms with Crippen LogP contribution in [0.25, 0.3) is 11.2 Å². The molecule has 0 amide bonds. The number of imidazole rings is 1. The number of carbonyl (C=O) groups excluding carboxylic acids is 1. The molecule has 2 atom stereocenters. The quantitative estimate of drug-likeness (QED) is 0.698. The number of aromatic nitrogens is 4. The molecule has 1 saturated carbocycles. The summed E-state index contributed by atoms with van der Waals surface area (Å²) < 4.78 is 7.65. The zero-order valence-corrected chi connectivity index (χ0v) is 15.1. The first-order valence-corrected chi connectivity index (χ1v) is 9.36. The molecule has 7 nitrogen and oxygen atoms in total. The van der Waals surface area contributed by atoms with Crippen molar-refractivity contribution < 1.29 is 9.53 Å². The van der Waals surface area contributed by atoms with Crippen molar-refractivity contribution in [2.24, 2.45) is 11.8 Å². The third-order valence-electron chi connectivity index (χ3n) is 5.31. The lowest BCUT2D eigenvalue weighted by Crippen LogP contribution is -2.28. The van der Waals surface area contributed by atoms with E-state index in [1.807, 2.05) is 22.8 Å². The summed E-state index contributed by atoms with van der Waals surface area (Å²) in [6, 6.07) is 9.14. The molecule has 27 heavy (non-hydrogen) atoms. The predicted molar refractivity (Wildman–Crippen MR) is 102 cm³/mol. The number of benzene rings is 1. The number of nitrogens with two attached hydrogens (primary N) is 1. The molecule has 0 saturated heterocycles. The van der Waals surface area contributed by atoms with E-state index in [0.717, 1.165) is 30.6 Å². The van der Waals surface area contributed by atoms with E-state index in [0.29, 0.717) is 24.0 Å². The van der Waals surface area contributed by atoms with Gasteiger partial charge in [0.25, 0.3) is 0 Å². The summed E-state index contributed by atoms with van der Waals surface area (Å²) >= 11 is 0. The number of nitrogens with zero attached hydrogens (tertiary/aromatic N) is 4. The van der Waals surface area contributed by atoms with Crippen LogP contribution < -0.4 is 5.73 Å². The van der Waals surface area contributed by atoms with Gasteiger partial charge < -0.3 is 15.0 Å². The fourth-order valence-corrected chi connectivity index (χ4v) is 3.84. The predicted octanol–water partition coefficient (Wildman–Crippen LogP) is 3.07. The highest BCUT2D eigenvalue weighted by atomic mass is 16.5. The van der Waals surface area contributed by atoms with Crippen molar-refractivity contribution in [1.82, 2.24) is 19.5 Å². The van der Waals surface area contributed by atoms with Gasteiger partial charge >= 0.3 is 5.97 Å². The Labute approximate surface area is 157 Å². The second-order valence-electron chi connectivity index (χ2n) is 7.10. The third kappa shape index (κ3) is 3.92. The topological polar surface area (TPSA) is 95.9 Å². The van der Waals surface area contributed by atoms with Gasteiger partial charge in [-0.2, -0.15) is 4.98 Å². The molecular weight excluding hydrogens is 342 g/mol. The Morgan fingerprint density at radius 2 is 1.93 bits per heavy atom. The maximum Gasteiger partial charge on any atom is 0.338 e. The van der Waals surface area contributed by atoms with Crippen molar-refractivity contribution in [1.29, 1.82) is 0 Å². The van der Waals surface area contributed by atoms with Crippen LogP contribution in [0.2, 0.25) is 0 Å². The third-order valence-corrected chi connectivity index (χ3v) is 5.31. The molecule has 1 aliphatic rings. The smallest absolute Gasteiger partial charge is 0.338 e.